The predicted octanol–water partition coefficient (Wildman–Crippen LogP) is 6.72. The first-order valence-corrected chi connectivity index (χ1v) is 12.6. The Morgan fingerprint density at radius 2 is 1.41 bits per heavy atom. The summed E-state index contributed by atoms with van der Waals surface area (Å²) < 4.78 is 5.08. The van der Waals surface area contributed by atoms with Crippen molar-refractivity contribution in [3.8, 4) is 0 Å². The predicted molar refractivity (Wildman–Crippen MR) is 132 cm³/mol. The van der Waals surface area contributed by atoms with E-state index in [9.17, 15) is 10.1 Å². The summed E-state index contributed by atoms with van der Waals surface area (Å²) in [7, 11) is 1.59. The van der Waals surface area contributed by atoms with Crippen molar-refractivity contribution in [2.45, 2.75) is 110 Å². The molecule has 1 rings (SSSR count). The zero-order valence-electron chi connectivity index (χ0n) is 20.5. The number of nitrogens with one attached hydrogen (secondary N) is 2. The number of nitro groups is 1. The Labute approximate surface area is 194 Å². The maximum atomic E-state index is 11.6. The normalized spacial score (nSPS) is 12.0. The number of aromatic nitrogens is 2. The minimum Gasteiger partial charge on any atom is -0.383 e. The third-order valence-electron chi connectivity index (χ3n) is 5.63. The van der Waals surface area contributed by atoms with Gasteiger partial charge >= 0.3 is 5.69 Å². The van der Waals surface area contributed by atoms with Gasteiger partial charge in [0.25, 0.3) is 0 Å². The van der Waals surface area contributed by atoms with Gasteiger partial charge in [-0.1, -0.05) is 90.4 Å². The smallest absolute Gasteiger partial charge is 0.353 e. The molecule has 0 amide bonds. The van der Waals surface area contributed by atoms with Crippen molar-refractivity contribution in [2.75, 3.05) is 30.9 Å². The molecule has 0 radical (unpaired) electrons. The lowest BCUT2D eigenvalue weighted by Crippen LogP contribution is -2.22. The summed E-state index contributed by atoms with van der Waals surface area (Å²) in [4.78, 5) is 19.2. The molecule has 8 heteroatoms. The van der Waals surface area contributed by atoms with E-state index in [0.29, 0.717) is 13.2 Å². The maximum absolute atomic E-state index is 11.6. The van der Waals surface area contributed by atoms with E-state index < -0.39 is 4.92 Å². The molecule has 0 aliphatic rings. The Hall–Kier alpha value is -1.96. The molecule has 0 bridgehead atoms. The van der Waals surface area contributed by atoms with E-state index in [1.807, 2.05) is 6.92 Å². The lowest BCUT2D eigenvalue weighted by atomic mass is 10.0. The van der Waals surface area contributed by atoms with Crippen LogP contribution in [-0.4, -0.2) is 41.2 Å². The van der Waals surface area contributed by atoms with Gasteiger partial charge in [0.2, 0.25) is 11.6 Å². The third-order valence-corrected chi connectivity index (χ3v) is 5.63. The van der Waals surface area contributed by atoms with Gasteiger partial charge in [-0.25, -0.2) is 9.97 Å². The Kier molecular flexibility index (Phi) is 16.3. The summed E-state index contributed by atoms with van der Waals surface area (Å²) in [6.07, 6.45) is 19.7. The summed E-state index contributed by atoms with van der Waals surface area (Å²) >= 11 is 0. The first kappa shape index (κ1) is 28.1. The van der Waals surface area contributed by atoms with Crippen molar-refractivity contribution < 1.29 is 9.66 Å². The van der Waals surface area contributed by atoms with Gasteiger partial charge in [0.15, 0.2) is 0 Å². The average Bonchev–Trinajstić information content (AvgIpc) is 2.76. The second-order valence-electron chi connectivity index (χ2n) is 8.70. The molecule has 0 aliphatic carbocycles. The zero-order chi connectivity index (χ0) is 23.4. The Balaban J connectivity index is 2.16. The molecule has 8 nitrogen and oxygen atoms in total. The molecule has 1 atom stereocenters. The van der Waals surface area contributed by atoms with Crippen LogP contribution in [0.3, 0.4) is 0 Å². The van der Waals surface area contributed by atoms with Crippen LogP contribution in [0.25, 0.3) is 0 Å². The third kappa shape index (κ3) is 12.8. The van der Waals surface area contributed by atoms with Crippen LogP contribution < -0.4 is 10.6 Å². The highest BCUT2D eigenvalue weighted by Gasteiger charge is 2.23. The van der Waals surface area contributed by atoms with Crippen LogP contribution in [0, 0.1) is 10.1 Å². The summed E-state index contributed by atoms with van der Waals surface area (Å²) in [5.74, 6) is 0.491. The molecule has 0 fully saturated rings. The van der Waals surface area contributed by atoms with Gasteiger partial charge in [0.05, 0.1) is 11.5 Å². The highest BCUT2D eigenvalue weighted by molar-refractivity contribution is 5.69. The molecule has 1 unspecified atom stereocenters. The Bertz CT molecular complexity index is 615. The first-order chi connectivity index (χ1) is 15.6. The van der Waals surface area contributed by atoms with Crippen LogP contribution in [-0.2, 0) is 4.74 Å². The topological polar surface area (TPSA) is 102 Å². The fraction of sp³-hybridized carbons (Fsp3) is 0.833. The van der Waals surface area contributed by atoms with Crippen LogP contribution >= 0.6 is 0 Å². The molecule has 32 heavy (non-hydrogen) atoms. The highest BCUT2D eigenvalue weighted by Crippen LogP contribution is 2.29. The molecule has 1 aromatic heterocycles. The molecule has 0 saturated carbocycles. The fourth-order valence-corrected chi connectivity index (χ4v) is 3.84. The molecule has 2 N–H and O–H groups in total. The zero-order valence-corrected chi connectivity index (χ0v) is 20.5. The molecule has 184 valence electrons. The van der Waals surface area contributed by atoms with Crippen LogP contribution in [0.5, 0.6) is 0 Å². The number of ether oxygens (including phenoxy) is 1. The van der Waals surface area contributed by atoms with E-state index >= 15 is 0 Å². The van der Waals surface area contributed by atoms with E-state index in [-0.39, 0.29) is 23.4 Å². The van der Waals surface area contributed by atoms with Gasteiger partial charge < -0.3 is 15.4 Å². The second kappa shape index (κ2) is 18.6. The second-order valence-corrected chi connectivity index (χ2v) is 8.70. The van der Waals surface area contributed by atoms with Gasteiger partial charge in [0, 0.05) is 19.7 Å². The largest absolute Gasteiger partial charge is 0.383 e. The standard InChI is InChI=1S/C24H45N5O3/c1-4-5-6-7-8-9-10-11-12-13-14-15-16-17-18-25-23-22(29(30)31)24(27-20-26-23)28-21(2)19-32-3/h20-21H,4-19H2,1-3H3,(H2,25,26,27,28). The van der Waals surface area contributed by atoms with Crippen LogP contribution in [0.1, 0.15) is 104 Å². The lowest BCUT2D eigenvalue weighted by molar-refractivity contribution is -0.383. The van der Waals surface area contributed by atoms with E-state index in [1.54, 1.807) is 7.11 Å². The summed E-state index contributed by atoms with van der Waals surface area (Å²) in [5, 5.41) is 17.7. The molecule has 1 aromatic rings. The maximum Gasteiger partial charge on any atom is 0.353 e. The number of nitrogens with zero attached hydrogens (tertiary/aromatic N) is 3. The van der Waals surface area contributed by atoms with Crippen molar-refractivity contribution in [3.63, 3.8) is 0 Å². The van der Waals surface area contributed by atoms with E-state index in [4.69, 9.17) is 4.74 Å². The number of anilines is 2. The van der Waals surface area contributed by atoms with Crippen molar-refractivity contribution in [1.29, 1.82) is 0 Å². The van der Waals surface area contributed by atoms with Crippen molar-refractivity contribution >= 4 is 17.3 Å². The van der Waals surface area contributed by atoms with Crippen LogP contribution in [0.2, 0.25) is 0 Å². The van der Waals surface area contributed by atoms with Crippen molar-refractivity contribution in [3.05, 3.63) is 16.4 Å². The minimum absolute atomic E-state index is 0.0905. The van der Waals surface area contributed by atoms with Gasteiger partial charge in [-0.3, -0.25) is 10.1 Å². The van der Waals surface area contributed by atoms with Crippen LogP contribution in [0.15, 0.2) is 6.33 Å². The van der Waals surface area contributed by atoms with Gasteiger partial charge in [0.1, 0.15) is 6.33 Å². The minimum atomic E-state index is -0.435. The number of rotatable bonds is 21. The quantitative estimate of drug-likeness (QED) is 0.121. The Morgan fingerprint density at radius 3 is 1.91 bits per heavy atom. The number of hydrogen-bond acceptors (Lipinski definition) is 7. The molecule has 1 heterocycles. The summed E-state index contributed by atoms with van der Waals surface area (Å²) in [6, 6.07) is -0.0905. The van der Waals surface area contributed by atoms with Gasteiger partial charge in [-0.05, 0) is 13.3 Å². The first-order valence-electron chi connectivity index (χ1n) is 12.6. The molecule has 0 aliphatic heterocycles. The SMILES string of the molecule is CCCCCCCCCCCCCCCCNc1ncnc(NC(C)COC)c1[N+](=O)[O-]. The molecular formula is C24H45N5O3. The molecular weight excluding hydrogens is 406 g/mol. The van der Waals surface area contributed by atoms with Gasteiger partial charge in [-0.15, -0.1) is 0 Å². The summed E-state index contributed by atoms with van der Waals surface area (Å²) in [5.41, 5.74) is -0.110. The van der Waals surface area contributed by atoms with Crippen molar-refractivity contribution in [1.82, 2.24) is 9.97 Å². The number of methoxy groups -OCH3 is 1. The fourth-order valence-electron chi connectivity index (χ4n) is 3.84. The monoisotopic (exact) mass is 451 g/mol. The van der Waals surface area contributed by atoms with E-state index in [2.05, 4.69) is 27.5 Å². The molecule has 0 aromatic carbocycles. The number of hydrogen-bond donors (Lipinski definition) is 2. The molecule has 0 spiro atoms. The van der Waals surface area contributed by atoms with E-state index in [1.165, 1.54) is 83.4 Å². The number of unbranched alkanes of at least 4 members (excludes halogenated alkanes) is 13. The van der Waals surface area contributed by atoms with Gasteiger partial charge in [-0.2, -0.15) is 0 Å². The highest BCUT2D eigenvalue weighted by atomic mass is 16.6. The lowest BCUT2D eigenvalue weighted by Gasteiger charge is -2.14. The average molecular weight is 452 g/mol. The van der Waals surface area contributed by atoms with E-state index in [0.717, 1.165) is 12.8 Å². The Morgan fingerprint density at radius 1 is 0.906 bits per heavy atom. The van der Waals surface area contributed by atoms with Crippen LogP contribution in [0.4, 0.5) is 17.3 Å². The molecule has 0 saturated heterocycles. The summed E-state index contributed by atoms with van der Waals surface area (Å²) in [6.45, 7) is 5.25. The van der Waals surface area contributed by atoms with Crippen molar-refractivity contribution in [2.24, 2.45) is 0 Å².